The number of methoxy groups -OCH3 is 1. The first-order chi connectivity index (χ1) is 8.08. The van der Waals surface area contributed by atoms with Crippen LogP contribution in [0.3, 0.4) is 0 Å². The number of carbonyl (C=O) groups excluding carboxylic acids is 1. The summed E-state index contributed by atoms with van der Waals surface area (Å²) < 4.78 is 5.10. The summed E-state index contributed by atoms with van der Waals surface area (Å²) >= 11 is 5.85. The van der Waals surface area contributed by atoms with Crippen LogP contribution < -0.4 is 15.8 Å². The van der Waals surface area contributed by atoms with Crippen molar-refractivity contribution in [2.45, 2.75) is 19.4 Å². The molecule has 1 rings (SSSR count). The van der Waals surface area contributed by atoms with Crippen molar-refractivity contribution < 1.29 is 9.53 Å². The molecular weight excluding hydrogens is 240 g/mol. The van der Waals surface area contributed by atoms with Crippen LogP contribution in [0.2, 0.25) is 5.02 Å². The molecule has 1 amide bonds. The predicted molar refractivity (Wildman–Crippen MR) is 68.6 cm³/mol. The molecule has 0 saturated carbocycles. The zero-order valence-corrected chi connectivity index (χ0v) is 10.8. The molecule has 0 spiro atoms. The van der Waals surface area contributed by atoms with Crippen LogP contribution >= 0.6 is 11.6 Å². The summed E-state index contributed by atoms with van der Waals surface area (Å²) in [7, 11) is 1.51. The Labute approximate surface area is 106 Å². The third kappa shape index (κ3) is 3.91. The molecule has 4 nitrogen and oxygen atoms in total. The summed E-state index contributed by atoms with van der Waals surface area (Å²) in [6.07, 6.45) is 0.812. The highest BCUT2D eigenvalue weighted by Gasteiger charge is 2.13. The van der Waals surface area contributed by atoms with Crippen LogP contribution in [0, 0.1) is 0 Å². The van der Waals surface area contributed by atoms with Gasteiger partial charge in [-0.05, 0) is 24.6 Å². The fourth-order valence-corrected chi connectivity index (χ4v) is 1.49. The SMILES string of the molecule is CCC(N)CNC(=O)c1cc(Cl)ccc1OC. The Balaban J connectivity index is 2.77. The van der Waals surface area contributed by atoms with Gasteiger partial charge in [-0.25, -0.2) is 0 Å². The van der Waals surface area contributed by atoms with Crippen LogP contribution in [0.4, 0.5) is 0 Å². The van der Waals surface area contributed by atoms with Crippen molar-refractivity contribution >= 4 is 17.5 Å². The average molecular weight is 257 g/mol. The molecule has 1 aromatic carbocycles. The largest absolute Gasteiger partial charge is 0.496 e. The zero-order valence-electron chi connectivity index (χ0n) is 10.00. The molecule has 1 atom stereocenters. The van der Waals surface area contributed by atoms with Crippen LogP contribution in [0.1, 0.15) is 23.7 Å². The highest BCUT2D eigenvalue weighted by Crippen LogP contribution is 2.22. The Bertz CT molecular complexity index is 396. The first-order valence-corrected chi connectivity index (χ1v) is 5.83. The van der Waals surface area contributed by atoms with Gasteiger partial charge in [-0.1, -0.05) is 18.5 Å². The van der Waals surface area contributed by atoms with E-state index in [9.17, 15) is 4.79 Å². The molecule has 0 radical (unpaired) electrons. The Morgan fingerprint density at radius 1 is 1.59 bits per heavy atom. The number of carbonyl (C=O) groups is 1. The second-order valence-corrected chi connectivity index (χ2v) is 4.16. The molecule has 1 unspecified atom stereocenters. The molecule has 3 N–H and O–H groups in total. The van der Waals surface area contributed by atoms with Crippen LogP contribution in [0.25, 0.3) is 0 Å². The molecule has 0 aliphatic carbocycles. The Morgan fingerprint density at radius 3 is 2.88 bits per heavy atom. The third-order valence-corrected chi connectivity index (χ3v) is 2.69. The minimum Gasteiger partial charge on any atom is -0.496 e. The number of benzene rings is 1. The van der Waals surface area contributed by atoms with Gasteiger partial charge < -0.3 is 15.8 Å². The maximum absolute atomic E-state index is 11.9. The topological polar surface area (TPSA) is 64.3 Å². The quantitative estimate of drug-likeness (QED) is 0.845. The monoisotopic (exact) mass is 256 g/mol. The summed E-state index contributed by atoms with van der Waals surface area (Å²) in [6.45, 7) is 2.40. The number of nitrogens with one attached hydrogen (secondary N) is 1. The number of hydrogen-bond donors (Lipinski definition) is 2. The highest BCUT2D eigenvalue weighted by molar-refractivity contribution is 6.31. The van der Waals surface area contributed by atoms with Crippen LogP contribution in [-0.2, 0) is 0 Å². The van der Waals surface area contributed by atoms with E-state index in [-0.39, 0.29) is 11.9 Å². The zero-order chi connectivity index (χ0) is 12.8. The van der Waals surface area contributed by atoms with Crippen molar-refractivity contribution in [3.05, 3.63) is 28.8 Å². The van der Waals surface area contributed by atoms with E-state index >= 15 is 0 Å². The van der Waals surface area contributed by atoms with E-state index in [0.717, 1.165) is 6.42 Å². The third-order valence-electron chi connectivity index (χ3n) is 2.46. The van der Waals surface area contributed by atoms with Crippen LogP contribution in [-0.4, -0.2) is 25.6 Å². The van der Waals surface area contributed by atoms with Gasteiger partial charge in [0.25, 0.3) is 5.91 Å². The van der Waals surface area contributed by atoms with Gasteiger partial charge in [-0.2, -0.15) is 0 Å². The molecule has 1 aromatic rings. The number of amides is 1. The molecule has 0 heterocycles. The number of rotatable bonds is 5. The van der Waals surface area contributed by atoms with Gasteiger partial charge >= 0.3 is 0 Å². The first kappa shape index (κ1) is 13.8. The van der Waals surface area contributed by atoms with Gasteiger partial charge in [0, 0.05) is 17.6 Å². The van der Waals surface area contributed by atoms with Crippen molar-refractivity contribution in [1.29, 1.82) is 0 Å². The summed E-state index contributed by atoms with van der Waals surface area (Å²) in [4.78, 5) is 11.9. The molecule has 94 valence electrons. The molecule has 0 aliphatic rings. The standard InChI is InChI=1S/C12H17ClN2O2/c1-3-9(14)7-15-12(16)10-6-8(13)4-5-11(10)17-2/h4-6,9H,3,7,14H2,1-2H3,(H,15,16). The van der Waals surface area contributed by atoms with Crippen LogP contribution in [0.15, 0.2) is 18.2 Å². The smallest absolute Gasteiger partial charge is 0.255 e. The maximum atomic E-state index is 11.9. The summed E-state index contributed by atoms with van der Waals surface area (Å²) in [5.41, 5.74) is 6.15. The number of halogens is 1. The van der Waals surface area contributed by atoms with Crippen LogP contribution in [0.5, 0.6) is 5.75 Å². The average Bonchev–Trinajstić information content (AvgIpc) is 2.35. The summed E-state index contributed by atoms with van der Waals surface area (Å²) in [6, 6.07) is 4.88. The summed E-state index contributed by atoms with van der Waals surface area (Å²) in [5.74, 6) is 0.269. The van der Waals surface area contributed by atoms with Crippen molar-refractivity contribution in [3.63, 3.8) is 0 Å². The van der Waals surface area contributed by atoms with Gasteiger partial charge in [0.2, 0.25) is 0 Å². The van der Waals surface area contributed by atoms with E-state index in [2.05, 4.69) is 5.32 Å². The van der Waals surface area contributed by atoms with Gasteiger partial charge in [-0.15, -0.1) is 0 Å². The van der Waals surface area contributed by atoms with E-state index in [4.69, 9.17) is 22.1 Å². The van der Waals surface area contributed by atoms with Crippen molar-refractivity contribution in [2.24, 2.45) is 5.73 Å². The number of nitrogens with two attached hydrogens (primary N) is 1. The molecule has 17 heavy (non-hydrogen) atoms. The maximum Gasteiger partial charge on any atom is 0.255 e. The second-order valence-electron chi connectivity index (χ2n) is 3.72. The molecule has 0 aromatic heterocycles. The second kappa shape index (κ2) is 6.47. The first-order valence-electron chi connectivity index (χ1n) is 5.45. The lowest BCUT2D eigenvalue weighted by atomic mass is 10.1. The van der Waals surface area contributed by atoms with E-state index in [1.54, 1.807) is 18.2 Å². The minimum atomic E-state index is -0.228. The van der Waals surface area contributed by atoms with Gasteiger partial charge in [-0.3, -0.25) is 4.79 Å². The Kier molecular flexibility index (Phi) is 5.25. The van der Waals surface area contributed by atoms with E-state index < -0.39 is 0 Å². The summed E-state index contributed by atoms with van der Waals surface area (Å²) in [5, 5.41) is 3.25. The lowest BCUT2D eigenvalue weighted by Gasteiger charge is -2.12. The van der Waals surface area contributed by atoms with Crippen molar-refractivity contribution in [3.8, 4) is 5.75 Å². The minimum absolute atomic E-state index is 0.0378. The molecule has 0 saturated heterocycles. The molecular formula is C12H17ClN2O2. The van der Waals surface area contributed by atoms with E-state index in [0.29, 0.717) is 22.9 Å². The van der Waals surface area contributed by atoms with Gasteiger partial charge in [0.05, 0.1) is 12.7 Å². The van der Waals surface area contributed by atoms with E-state index in [1.807, 2.05) is 6.92 Å². The van der Waals surface area contributed by atoms with Crippen molar-refractivity contribution in [1.82, 2.24) is 5.32 Å². The Morgan fingerprint density at radius 2 is 2.29 bits per heavy atom. The lowest BCUT2D eigenvalue weighted by molar-refractivity contribution is 0.0948. The Hall–Kier alpha value is -1.26. The number of hydrogen-bond acceptors (Lipinski definition) is 3. The van der Waals surface area contributed by atoms with Gasteiger partial charge in [0.1, 0.15) is 5.75 Å². The molecule has 0 aliphatic heterocycles. The molecule has 5 heteroatoms. The fraction of sp³-hybridized carbons (Fsp3) is 0.417. The normalized spacial score (nSPS) is 12.0. The fourth-order valence-electron chi connectivity index (χ4n) is 1.32. The van der Waals surface area contributed by atoms with Gasteiger partial charge in [0.15, 0.2) is 0 Å². The molecule has 0 fully saturated rings. The van der Waals surface area contributed by atoms with Crippen molar-refractivity contribution in [2.75, 3.05) is 13.7 Å². The number of ether oxygens (including phenoxy) is 1. The van der Waals surface area contributed by atoms with E-state index in [1.165, 1.54) is 7.11 Å². The highest BCUT2D eigenvalue weighted by atomic mass is 35.5. The lowest BCUT2D eigenvalue weighted by Crippen LogP contribution is -2.36. The predicted octanol–water partition coefficient (Wildman–Crippen LogP) is 1.82. The molecule has 0 bridgehead atoms.